The SMILES string of the molecule is Cc1ccc(SCCNC(=O)/C=C/c2ccccc2Cl)cc1. The van der Waals surface area contributed by atoms with E-state index in [0.29, 0.717) is 11.6 Å². The second-order valence-electron chi connectivity index (χ2n) is 4.81. The monoisotopic (exact) mass is 331 g/mol. The van der Waals surface area contributed by atoms with E-state index in [-0.39, 0.29) is 5.91 Å². The fourth-order valence-electron chi connectivity index (χ4n) is 1.81. The van der Waals surface area contributed by atoms with Gasteiger partial charge in [0.25, 0.3) is 0 Å². The lowest BCUT2D eigenvalue weighted by Gasteiger charge is -2.03. The fourth-order valence-corrected chi connectivity index (χ4v) is 2.78. The maximum Gasteiger partial charge on any atom is 0.244 e. The zero-order chi connectivity index (χ0) is 15.8. The zero-order valence-corrected chi connectivity index (χ0v) is 14.0. The van der Waals surface area contributed by atoms with Gasteiger partial charge in [0.1, 0.15) is 0 Å². The summed E-state index contributed by atoms with van der Waals surface area (Å²) in [5, 5.41) is 3.50. The molecule has 1 N–H and O–H groups in total. The van der Waals surface area contributed by atoms with Crippen LogP contribution in [0, 0.1) is 6.92 Å². The number of nitrogens with one attached hydrogen (secondary N) is 1. The van der Waals surface area contributed by atoms with E-state index >= 15 is 0 Å². The van der Waals surface area contributed by atoms with E-state index < -0.39 is 0 Å². The van der Waals surface area contributed by atoms with Crippen LogP contribution in [0.1, 0.15) is 11.1 Å². The van der Waals surface area contributed by atoms with E-state index in [1.54, 1.807) is 23.9 Å². The molecule has 0 unspecified atom stereocenters. The van der Waals surface area contributed by atoms with Gasteiger partial charge in [-0.15, -0.1) is 11.8 Å². The van der Waals surface area contributed by atoms with Gasteiger partial charge in [-0.25, -0.2) is 0 Å². The van der Waals surface area contributed by atoms with Crippen molar-refractivity contribution in [2.75, 3.05) is 12.3 Å². The second-order valence-corrected chi connectivity index (χ2v) is 6.38. The number of carbonyl (C=O) groups excluding carboxylic acids is 1. The molecule has 1 amide bonds. The van der Waals surface area contributed by atoms with Crippen LogP contribution in [0.15, 0.2) is 59.5 Å². The van der Waals surface area contributed by atoms with Crippen LogP contribution in [-0.4, -0.2) is 18.2 Å². The predicted octanol–water partition coefficient (Wildman–Crippen LogP) is 4.57. The number of hydrogen-bond donors (Lipinski definition) is 1. The molecule has 2 rings (SSSR count). The molecule has 0 heterocycles. The van der Waals surface area contributed by atoms with Crippen molar-refractivity contribution >= 4 is 35.3 Å². The third kappa shape index (κ3) is 5.58. The summed E-state index contributed by atoms with van der Waals surface area (Å²) in [6, 6.07) is 15.8. The van der Waals surface area contributed by atoms with E-state index in [9.17, 15) is 4.79 Å². The van der Waals surface area contributed by atoms with Crippen molar-refractivity contribution in [3.8, 4) is 0 Å². The summed E-state index contributed by atoms with van der Waals surface area (Å²) in [6.07, 6.45) is 3.24. The quantitative estimate of drug-likeness (QED) is 0.477. The van der Waals surface area contributed by atoms with E-state index in [0.717, 1.165) is 11.3 Å². The van der Waals surface area contributed by atoms with Gasteiger partial charge in [-0.1, -0.05) is 47.5 Å². The van der Waals surface area contributed by atoms with Crippen LogP contribution in [-0.2, 0) is 4.79 Å². The summed E-state index contributed by atoms with van der Waals surface area (Å²) in [6.45, 7) is 2.70. The Kier molecular flexibility index (Phi) is 6.56. The molecule has 2 aromatic rings. The molecule has 0 atom stereocenters. The summed E-state index contributed by atoms with van der Waals surface area (Å²) in [5.41, 5.74) is 2.09. The molecule has 114 valence electrons. The van der Waals surface area contributed by atoms with Gasteiger partial charge in [-0.3, -0.25) is 4.79 Å². The largest absolute Gasteiger partial charge is 0.352 e. The third-order valence-corrected chi connectivity index (χ3v) is 4.37. The maximum atomic E-state index is 11.7. The molecule has 0 bridgehead atoms. The van der Waals surface area contributed by atoms with Crippen LogP contribution in [0.3, 0.4) is 0 Å². The van der Waals surface area contributed by atoms with Crippen LogP contribution >= 0.6 is 23.4 Å². The van der Waals surface area contributed by atoms with Gasteiger partial charge in [0, 0.05) is 28.3 Å². The molecule has 0 spiro atoms. The minimum absolute atomic E-state index is 0.107. The Bertz CT molecular complexity index is 652. The van der Waals surface area contributed by atoms with Crippen LogP contribution in [0.4, 0.5) is 0 Å². The number of hydrogen-bond acceptors (Lipinski definition) is 2. The molecule has 0 radical (unpaired) electrons. The minimum atomic E-state index is -0.107. The number of halogens is 1. The molecular formula is C18H18ClNOS. The van der Waals surface area contributed by atoms with Gasteiger partial charge in [0.15, 0.2) is 0 Å². The highest BCUT2D eigenvalue weighted by Gasteiger charge is 1.98. The summed E-state index contributed by atoms with van der Waals surface area (Å²) in [5.74, 6) is 0.735. The van der Waals surface area contributed by atoms with Crippen molar-refractivity contribution in [2.45, 2.75) is 11.8 Å². The molecule has 0 aromatic heterocycles. The Hall–Kier alpha value is -1.71. The Balaban J connectivity index is 1.72. The van der Waals surface area contributed by atoms with E-state index in [2.05, 4.69) is 36.5 Å². The molecule has 4 heteroatoms. The highest BCUT2D eigenvalue weighted by Crippen LogP contribution is 2.17. The Labute approximate surface area is 140 Å². The molecule has 22 heavy (non-hydrogen) atoms. The molecule has 0 fully saturated rings. The van der Waals surface area contributed by atoms with Gasteiger partial charge in [-0.05, 0) is 36.8 Å². The number of benzene rings is 2. The first kappa shape index (κ1) is 16.7. The second kappa shape index (κ2) is 8.66. The number of rotatable bonds is 6. The Morgan fingerprint density at radius 1 is 1.18 bits per heavy atom. The lowest BCUT2D eigenvalue weighted by Crippen LogP contribution is -2.23. The number of thioether (sulfide) groups is 1. The summed E-state index contributed by atoms with van der Waals surface area (Å²) in [7, 11) is 0. The predicted molar refractivity (Wildman–Crippen MR) is 95.4 cm³/mol. The first-order valence-electron chi connectivity index (χ1n) is 7.05. The molecular weight excluding hydrogens is 314 g/mol. The molecule has 2 aromatic carbocycles. The molecule has 0 aliphatic heterocycles. The van der Waals surface area contributed by atoms with E-state index in [1.807, 2.05) is 18.2 Å². The van der Waals surface area contributed by atoms with Crippen molar-refractivity contribution in [2.24, 2.45) is 0 Å². The highest BCUT2D eigenvalue weighted by molar-refractivity contribution is 7.99. The van der Waals surface area contributed by atoms with Gasteiger partial charge < -0.3 is 5.32 Å². The van der Waals surface area contributed by atoms with Crippen molar-refractivity contribution in [3.63, 3.8) is 0 Å². The molecule has 0 saturated carbocycles. The number of carbonyl (C=O) groups is 1. The topological polar surface area (TPSA) is 29.1 Å². The van der Waals surface area contributed by atoms with Crippen molar-refractivity contribution in [1.82, 2.24) is 5.32 Å². The number of amides is 1. The van der Waals surface area contributed by atoms with Gasteiger partial charge in [-0.2, -0.15) is 0 Å². The zero-order valence-electron chi connectivity index (χ0n) is 12.4. The summed E-state index contributed by atoms with van der Waals surface area (Å²) < 4.78 is 0. The van der Waals surface area contributed by atoms with Crippen LogP contribution < -0.4 is 5.32 Å². The normalized spacial score (nSPS) is 10.8. The Morgan fingerprint density at radius 2 is 1.91 bits per heavy atom. The van der Waals surface area contributed by atoms with Crippen LogP contribution in [0.5, 0.6) is 0 Å². The lowest BCUT2D eigenvalue weighted by atomic mass is 10.2. The van der Waals surface area contributed by atoms with Crippen LogP contribution in [0.2, 0.25) is 5.02 Å². The van der Waals surface area contributed by atoms with E-state index in [1.165, 1.54) is 16.5 Å². The average molecular weight is 332 g/mol. The average Bonchev–Trinajstić information content (AvgIpc) is 2.52. The number of aryl methyl sites for hydroxylation is 1. The standard InChI is InChI=1S/C18H18ClNOS/c1-14-6-9-16(10-7-14)22-13-12-20-18(21)11-8-15-4-2-3-5-17(15)19/h2-11H,12-13H2,1H3,(H,20,21)/b11-8+. The summed E-state index contributed by atoms with van der Waals surface area (Å²) >= 11 is 7.76. The fraction of sp³-hybridized carbons (Fsp3) is 0.167. The Morgan fingerprint density at radius 3 is 2.64 bits per heavy atom. The van der Waals surface area contributed by atoms with Crippen molar-refractivity contribution in [1.29, 1.82) is 0 Å². The minimum Gasteiger partial charge on any atom is -0.352 e. The molecule has 0 aliphatic rings. The highest BCUT2D eigenvalue weighted by atomic mass is 35.5. The van der Waals surface area contributed by atoms with Crippen molar-refractivity contribution in [3.05, 3.63) is 70.8 Å². The maximum absolute atomic E-state index is 11.7. The third-order valence-electron chi connectivity index (χ3n) is 3.01. The van der Waals surface area contributed by atoms with Gasteiger partial charge in [0.05, 0.1) is 0 Å². The van der Waals surface area contributed by atoms with E-state index in [4.69, 9.17) is 11.6 Å². The lowest BCUT2D eigenvalue weighted by molar-refractivity contribution is -0.116. The van der Waals surface area contributed by atoms with Gasteiger partial charge >= 0.3 is 0 Å². The molecule has 2 nitrogen and oxygen atoms in total. The van der Waals surface area contributed by atoms with Gasteiger partial charge in [0.2, 0.25) is 5.91 Å². The molecule has 0 aliphatic carbocycles. The van der Waals surface area contributed by atoms with Crippen LogP contribution in [0.25, 0.3) is 6.08 Å². The first-order valence-corrected chi connectivity index (χ1v) is 8.41. The first-order chi connectivity index (χ1) is 10.6. The van der Waals surface area contributed by atoms with Crippen molar-refractivity contribution < 1.29 is 4.79 Å². The summed E-state index contributed by atoms with van der Waals surface area (Å²) in [4.78, 5) is 12.9. The smallest absolute Gasteiger partial charge is 0.244 e. The molecule has 0 saturated heterocycles.